The topological polar surface area (TPSA) is 47.0 Å². The minimum Gasteiger partial charge on any atom is -0.467 e. The van der Waals surface area contributed by atoms with E-state index in [-0.39, 0.29) is 0 Å². The van der Waals surface area contributed by atoms with Crippen molar-refractivity contribution in [2.75, 3.05) is 12.4 Å². The zero-order valence-electron chi connectivity index (χ0n) is 10.2. The Kier molecular flexibility index (Phi) is 4.05. The van der Waals surface area contributed by atoms with E-state index >= 15 is 0 Å². The van der Waals surface area contributed by atoms with Crippen molar-refractivity contribution in [2.24, 2.45) is 5.92 Å². The number of rotatable bonds is 3. The maximum absolute atomic E-state index is 6.08. The van der Waals surface area contributed by atoms with Crippen LogP contribution in [0.1, 0.15) is 32.6 Å². The molecule has 0 amide bonds. The van der Waals surface area contributed by atoms with E-state index in [1.165, 1.54) is 25.7 Å². The van der Waals surface area contributed by atoms with Gasteiger partial charge in [0.1, 0.15) is 5.02 Å². The molecular weight excluding hydrogens is 238 g/mol. The molecule has 1 aliphatic carbocycles. The Morgan fingerprint density at radius 2 is 2.18 bits per heavy atom. The lowest BCUT2D eigenvalue weighted by atomic mass is 9.86. The summed E-state index contributed by atoms with van der Waals surface area (Å²) in [5.74, 6) is 1.33. The standard InChI is InChI=1S/C12H18ClN3O/c1-8-5-3-4-6-10(8)15-11-9(13)7-14-12(16-11)17-2/h7-8,10H,3-6H2,1-2H3,(H,14,15,16). The van der Waals surface area contributed by atoms with Gasteiger partial charge in [0, 0.05) is 6.04 Å². The summed E-state index contributed by atoms with van der Waals surface area (Å²) in [6.07, 6.45) is 6.59. The molecule has 1 heterocycles. The van der Waals surface area contributed by atoms with Crippen LogP contribution in [0.25, 0.3) is 0 Å². The van der Waals surface area contributed by atoms with E-state index < -0.39 is 0 Å². The van der Waals surface area contributed by atoms with Crippen LogP contribution in [0.4, 0.5) is 5.82 Å². The monoisotopic (exact) mass is 255 g/mol. The SMILES string of the molecule is COc1ncc(Cl)c(NC2CCCCC2C)n1. The highest BCUT2D eigenvalue weighted by Crippen LogP contribution is 2.29. The van der Waals surface area contributed by atoms with E-state index in [2.05, 4.69) is 22.2 Å². The Morgan fingerprint density at radius 3 is 2.88 bits per heavy atom. The summed E-state index contributed by atoms with van der Waals surface area (Å²) < 4.78 is 5.00. The number of hydrogen-bond acceptors (Lipinski definition) is 4. The Labute approximate surface area is 107 Å². The van der Waals surface area contributed by atoms with Crippen LogP contribution in [0, 0.1) is 5.92 Å². The van der Waals surface area contributed by atoms with E-state index in [9.17, 15) is 0 Å². The number of anilines is 1. The molecule has 1 saturated carbocycles. The van der Waals surface area contributed by atoms with Gasteiger partial charge in [-0.1, -0.05) is 31.4 Å². The van der Waals surface area contributed by atoms with Gasteiger partial charge >= 0.3 is 6.01 Å². The average molecular weight is 256 g/mol. The third-order valence-corrected chi connectivity index (χ3v) is 3.61. The molecule has 4 nitrogen and oxygen atoms in total. The number of halogens is 1. The molecule has 94 valence electrons. The zero-order valence-corrected chi connectivity index (χ0v) is 11.0. The fourth-order valence-corrected chi connectivity index (χ4v) is 2.40. The summed E-state index contributed by atoms with van der Waals surface area (Å²) in [6, 6.07) is 0.793. The molecule has 1 aliphatic rings. The van der Waals surface area contributed by atoms with Gasteiger partial charge < -0.3 is 10.1 Å². The van der Waals surface area contributed by atoms with E-state index in [1.54, 1.807) is 13.3 Å². The minimum absolute atomic E-state index is 0.348. The molecule has 0 saturated heterocycles. The summed E-state index contributed by atoms with van der Waals surface area (Å²) in [5.41, 5.74) is 0. The van der Waals surface area contributed by atoms with Crippen molar-refractivity contribution in [2.45, 2.75) is 38.6 Å². The molecule has 2 atom stereocenters. The van der Waals surface area contributed by atoms with Crippen LogP contribution < -0.4 is 10.1 Å². The molecule has 1 aromatic rings. The second-order valence-corrected chi connectivity index (χ2v) is 4.97. The fourth-order valence-electron chi connectivity index (χ4n) is 2.26. The van der Waals surface area contributed by atoms with Gasteiger partial charge in [0.15, 0.2) is 5.82 Å². The van der Waals surface area contributed by atoms with Gasteiger partial charge in [0.05, 0.1) is 13.3 Å². The van der Waals surface area contributed by atoms with Crippen LogP contribution in [0.5, 0.6) is 6.01 Å². The average Bonchev–Trinajstić information content (AvgIpc) is 2.35. The van der Waals surface area contributed by atoms with Crippen LogP contribution in [0.15, 0.2) is 6.20 Å². The zero-order chi connectivity index (χ0) is 12.3. The molecule has 1 fully saturated rings. The first-order chi connectivity index (χ1) is 8.20. The summed E-state index contributed by atoms with van der Waals surface area (Å²) in [4.78, 5) is 8.21. The molecule has 1 aromatic heterocycles. The second kappa shape index (κ2) is 5.54. The summed E-state index contributed by atoms with van der Waals surface area (Å²) in [7, 11) is 1.55. The van der Waals surface area contributed by atoms with Crippen LogP contribution in [0.3, 0.4) is 0 Å². The predicted molar refractivity (Wildman–Crippen MR) is 68.6 cm³/mol. The molecule has 0 aliphatic heterocycles. The first kappa shape index (κ1) is 12.4. The van der Waals surface area contributed by atoms with Gasteiger partial charge in [0.25, 0.3) is 0 Å². The lowest BCUT2D eigenvalue weighted by molar-refractivity contribution is 0.347. The molecular formula is C12H18ClN3O. The van der Waals surface area contributed by atoms with Crippen molar-refractivity contribution in [3.05, 3.63) is 11.2 Å². The number of hydrogen-bond donors (Lipinski definition) is 1. The third-order valence-electron chi connectivity index (χ3n) is 3.34. The number of nitrogens with one attached hydrogen (secondary N) is 1. The van der Waals surface area contributed by atoms with E-state index in [0.717, 1.165) is 0 Å². The van der Waals surface area contributed by atoms with Gasteiger partial charge in [-0.3, -0.25) is 0 Å². The number of methoxy groups -OCH3 is 1. The Bertz CT molecular complexity index is 386. The van der Waals surface area contributed by atoms with Gasteiger partial charge in [-0.05, 0) is 18.8 Å². The van der Waals surface area contributed by atoms with E-state index in [1.807, 2.05) is 0 Å². The lowest BCUT2D eigenvalue weighted by Crippen LogP contribution is -2.30. The van der Waals surface area contributed by atoms with Crippen molar-refractivity contribution < 1.29 is 4.74 Å². The van der Waals surface area contributed by atoms with Crippen molar-refractivity contribution in [1.82, 2.24) is 9.97 Å². The van der Waals surface area contributed by atoms with Crippen molar-refractivity contribution >= 4 is 17.4 Å². The first-order valence-electron chi connectivity index (χ1n) is 6.03. The quantitative estimate of drug-likeness (QED) is 0.902. The second-order valence-electron chi connectivity index (χ2n) is 4.57. The van der Waals surface area contributed by atoms with Crippen molar-refractivity contribution in [1.29, 1.82) is 0 Å². The predicted octanol–water partition coefficient (Wildman–Crippen LogP) is 3.13. The molecule has 0 bridgehead atoms. The highest BCUT2D eigenvalue weighted by Gasteiger charge is 2.22. The first-order valence-corrected chi connectivity index (χ1v) is 6.41. The Balaban J connectivity index is 2.11. The van der Waals surface area contributed by atoms with Crippen LogP contribution in [-0.4, -0.2) is 23.1 Å². The fraction of sp³-hybridized carbons (Fsp3) is 0.667. The van der Waals surface area contributed by atoms with Crippen molar-refractivity contribution in [3.63, 3.8) is 0 Å². The van der Waals surface area contributed by atoms with Crippen molar-refractivity contribution in [3.8, 4) is 6.01 Å². The largest absolute Gasteiger partial charge is 0.467 e. The molecule has 2 unspecified atom stereocenters. The molecule has 1 N–H and O–H groups in total. The highest BCUT2D eigenvalue weighted by atomic mass is 35.5. The highest BCUT2D eigenvalue weighted by molar-refractivity contribution is 6.32. The molecule has 2 rings (SSSR count). The minimum atomic E-state index is 0.348. The third kappa shape index (κ3) is 3.00. The number of aromatic nitrogens is 2. The van der Waals surface area contributed by atoms with E-state index in [4.69, 9.17) is 16.3 Å². The van der Waals surface area contributed by atoms with Gasteiger partial charge in [-0.25, -0.2) is 4.98 Å². The lowest BCUT2D eigenvalue weighted by Gasteiger charge is -2.30. The van der Waals surface area contributed by atoms with Gasteiger partial charge in [-0.15, -0.1) is 0 Å². The van der Waals surface area contributed by atoms with Gasteiger partial charge in [-0.2, -0.15) is 4.98 Å². The maximum atomic E-state index is 6.08. The molecule has 5 heteroatoms. The summed E-state index contributed by atoms with van der Waals surface area (Å²) in [6.45, 7) is 2.27. The maximum Gasteiger partial charge on any atom is 0.318 e. The van der Waals surface area contributed by atoms with Crippen LogP contribution in [-0.2, 0) is 0 Å². The number of nitrogens with zero attached hydrogens (tertiary/aromatic N) is 2. The Hall–Kier alpha value is -1.03. The van der Waals surface area contributed by atoms with E-state index in [0.29, 0.717) is 28.8 Å². The Morgan fingerprint density at radius 1 is 1.41 bits per heavy atom. The molecule has 0 radical (unpaired) electrons. The molecule has 17 heavy (non-hydrogen) atoms. The van der Waals surface area contributed by atoms with Crippen LogP contribution >= 0.6 is 11.6 Å². The number of ether oxygens (including phenoxy) is 1. The van der Waals surface area contributed by atoms with Crippen LogP contribution in [0.2, 0.25) is 5.02 Å². The summed E-state index contributed by atoms with van der Waals surface area (Å²) in [5, 5.41) is 3.96. The summed E-state index contributed by atoms with van der Waals surface area (Å²) >= 11 is 6.08. The van der Waals surface area contributed by atoms with Gasteiger partial charge in [0.2, 0.25) is 0 Å². The molecule has 0 spiro atoms. The molecule has 0 aromatic carbocycles. The smallest absolute Gasteiger partial charge is 0.318 e. The normalized spacial score (nSPS) is 24.4.